The molecular formula is C23H22FN3OS2. The zero-order valence-electron chi connectivity index (χ0n) is 17.0. The van der Waals surface area contributed by atoms with Crippen LogP contribution in [0.1, 0.15) is 32.9 Å². The number of benzene rings is 1. The Balaban J connectivity index is 1.57. The summed E-state index contributed by atoms with van der Waals surface area (Å²) in [6.07, 6.45) is 0. The maximum Gasteiger partial charge on any atom is 0.240 e. The van der Waals surface area contributed by atoms with E-state index >= 15 is 0 Å². The van der Waals surface area contributed by atoms with Gasteiger partial charge in [-0.25, -0.2) is 9.37 Å². The third-order valence-corrected chi connectivity index (χ3v) is 6.82. The summed E-state index contributed by atoms with van der Waals surface area (Å²) < 4.78 is 15.4. The molecule has 4 aromatic rings. The van der Waals surface area contributed by atoms with Crippen molar-refractivity contribution in [1.82, 2.24) is 14.9 Å². The van der Waals surface area contributed by atoms with Crippen LogP contribution in [0.15, 0.2) is 53.2 Å². The molecule has 0 fully saturated rings. The number of aryl methyl sites for hydroxylation is 2. The van der Waals surface area contributed by atoms with Crippen LogP contribution in [0.4, 0.5) is 4.39 Å². The van der Waals surface area contributed by atoms with Crippen molar-refractivity contribution in [2.75, 3.05) is 0 Å². The lowest BCUT2D eigenvalue weighted by atomic mass is 10.1. The van der Waals surface area contributed by atoms with Crippen molar-refractivity contribution in [2.24, 2.45) is 0 Å². The number of hydrogen-bond acceptors (Lipinski definition) is 4. The van der Waals surface area contributed by atoms with Gasteiger partial charge >= 0.3 is 0 Å². The Labute approximate surface area is 183 Å². The van der Waals surface area contributed by atoms with E-state index in [1.807, 2.05) is 48.2 Å². The van der Waals surface area contributed by atoms with Gasteiger partial charge in [0.25, 0.3) is 0 Å². The van der Waals surface area contributed by atoms with Crippen LogP contribution in [0.3, 0.4) is 0 Å². The first kappa shape index (κ1) is 20.5. The number of thiophene rings is 1. The topological polar surface area (TPSA) is 46.9 Å². The highest BCUT2D eigenvalue weighted by Crippen LogP contribution is 2.29. The molecule has 30 heavy (non-hydrogen) atoms. The van der Waals surface area contributed by atoms with Gasteiger partial charge in [0.15, 0.2) is 0 Å². The second-order valence-corrected chi connectivity index (χ2v) is 9.23. The first-order valence-electron chi connectivity index (χ1n) is 9.60. The van der Waals surface area contributed by atoms with Crippen LogP contribution in [0.2, 0.25) is 0 Å². The average molecular weight is 440 g/mol. The number of thiazole rings is 1. The van der Waals surface area contributed by atoms with Crippen molar-refractivity contribution in [3.8, 4) is 11.3 Å². The number of halogens is 1. The highest BCUT2D eigenvalue weighted by molar-refractivity contribution is 7.10. The molecule has 0 aliphatic rings. The zero-order chi connectivity index (χ0) is 21.3. The summed E-state index contributed by atoms with van der Waals surface area (Å²) in [7, 11) is 0. The first-order chi connectivity index (χ1) is 14.4. The van der Waals surface area contributed by atoms with E-state index < -0.39 is 0 Å². The van der Waals surface area contributed by atoms with E-state index in [0.717, 1.165) is 38.1 Å². The molecule has 0 aliphatic carbocycles. The molecule has 0 saturated carbocycles. The highest BCUT2D eigenvalue weighted by atomic mass is 32.1. The van der Waals surface area contributed by atoms with Gasteiger partial charge in [0.1, 0.15) is 12.4 Å². The Morgan fingerprint density at radius 2 is 1.93 bits per heavy atom. The molecule has 0 aliphatic heterocycles. The molecular weight excluding hydrogens is 417 g/mol. The monoisotopic (exact) mass is 439 g/mol. The molecule has 0 bridgehead atoms. The van der Waals surface area contributed by atoms with Gasteiger partial charge in [-0.05, 0) is 56.0 Å². The van der Waals surface area contributed by atoms with E-state index in [9.17, 15) is 9.18 Å². The summed E-state index contributed by atoms with van der Waals surface area (Å²) in [5.74, 6) is -0.390. The van der Waals surface area contributed by atoms with Crippen LogP contribution < -0.4 is 5.32 Å². The zero-order valence-corrected chi connectivity index (χ0v) is 18.6. The van der Waals surface area contributed by atoms with Gasteiger partial charge in [-0.2, -0.15) is 0 Å². The average Bonchev–Trinajstić information content (AvgIpc) is 3.45. The molecule has 0 saturated heterocycles. The SMILES string of the molecule is Cc1nc(-c2cc(C)n(CC(=O)NC(c3ccc(F)cc3)c3cccs3)c2C)cs1. The lowest BCUT2D eigenvalue weighted by molar-refractivity contribution is -0.122. The summed E-state index contributed by atoms with van der Waals surface area (Å²) in [6, 6.07) is 12.0. The Bertz CT molecular complexity index is 1160. The minimum atomic E-state index is -0.310. The van der Waals surface area contributed by atoms with Crippen LogP contribution >= 0.6 is 22.7 Å². The molecule has 1 aromatic carbocycles. The molecule has 1 unspecified atom stereocenters. The number of carbonyl (C=O) groups is 1. The molecule has 3 aromatic heterocycles. The van der Waals surface area contributed by atoms with Crippen LogP contribution in [0, 0.1) is 26.6 Å². The molecule has 1 amide bonds. The Morgan fingerprint density at radius 1 is 1.17 bits per heavy atom. The number of hydrogen-bond donors (Lipinski definition) is 1. The quantitative estimate of drug-likeness (QED) is 0.422. The smallest absolute Gasteiger partial charge is 0.240 e. The van der Waals surface area contributed by atoms with Crippen LogP contribution in [-0.2, 0) is 11.3 Å². The second kappa shape index (κ2) is 8.53. The second-order valence-electron chi connectivity index (χ2n) is 7.19. The Morgan fingerprint density at radius 3 is 2.57 bits per heavy atom. The minimum absolute atomic E-state index is 0.0967. The molecule has 4 nitrogen and oxygen atoms in total. The van der Waals surface area contributed by atoms with Crippen molar-refractivity contribution in [3.63, 3.8) is 0 Å². The molecule has 7 heteroatoms. The van der Waals surface area contributed by atoms with Gasteiger partial charge in [-0.3, -0.25) is 4.79 Å². The van der Waals surface area contributed by atoms with Crippen molar-refractivity contribution >= 4 is 28.6 Å². The van der Waals surface area contributed by atoms with E-state index in [-0.39, 0.29) is 24.3 Å². The molecule has 0 radical (unpaired) electrons. The maximum absolute atomic E-state index is 13.4. The number of rotatable bonds is 6. The molecule has 4 rings (SSSR count). The van der Waals surface area contributed by atoms with Gasteiger partial charge in [0.05, 0.1) is 16.7 Å². The van der Waals surface area contributed by atoms with Gasteiger partial charge in [-0.15, -0.1) is 22.7 Å². The predicted molar refractivity (Wildman–Crippen MR) is 120 cm³/mol. The van der Waals surface area contributed by atoms with E-state index in [4.69, 9.17) is 0 Å². The third kappa shape index (κ3) is 4.22. The predicted octanol–water partition coefficient (Wildman–Crippen LogP) is 5.64. The fourth-order valence-electron chi connectivity index (χ4n) is 3.57. The van der Waals surface area contributed by atoms with E-state index in [1.165, 1.54) is 12.1 Å². The molecule has 3 heterocycles. The molecule has 1 N–H and O–H groups in total. The third-order valence-electron chi connectivity index (χ3n) is 5.11. The Kier molecular flexibility index (Phi) is 5.83. The fourth-order valence-corrected chi connectivity index (χ4v) is 4.99. The first-order valence-corrected chi connectivity index (χ1v) is 11.4. The van der Waals surface area contributed by atoms with Gasteiger partial charge < -0.3 is 9.88 Å². The van der Waals surface area contributed by atoms with Crippen molar-refractivity contribution in [1.29, 1.82) is 0 Å². The molecule has 154 valence electrons. The minimum Gasteiger partial charge on any atom is -0.343 e. The summed E-state index contributed by atoms with van der Waals surface area (Å²) in [6.45, 7) is 6.21. The summed E-state index contributed by atoms with van der Waals surface area (Å²) in [5, 5.41) is 8.16. The van der Waals surface area contributed by atoms with Crippen molar-refractivity contribution in [2.45, 2.75) is 33.4 Å². The van der Waals surface area contributed by atoms with Crippen molar-refractivity contribution < 1.29 is 9.18 Å². The maximum atomic E-state index is 13.4. The Hall–Kier alpha value is -2.77. The lowest BCUT2D eigenvalue weighted by Gasteiger charge is -2.19. The standard InChI is InChI=1S/C23H22FN3OS2/c1-14-11-19(20-13-30-16(3)25-20)15(2)27(14)12-22(28)26-23(21-5-4-10-29-21)17-6-8-18(24)9-7-17/h4-11,13,23H,12H2,1-3H3,(H,26,28). The number of nitrogens with one attached hydrogen (secondary N) is 1. The number of nitrogens with zero attached hydrogens (tertiary/aromatic N) is 2. The van der Waals surface area contributed by atoms with Crippen LogP contribution in [0.25, 0.3) is 11.3 Å². The number of carbonyl (C=O) groups excluding carboxylic acids is 1. The summed E-state index contributed by atoms with van der Waals surface area (Å²) in [4.78, 5) is 18.6. The fraction of sp³-hybridized carbons (Fsp3) is 0.217. The largest absolute Gasteiger partial charge is 0.343 e. The normalized spacial score (nSPS) is 12.1. The summed E-state index contributed by atoms with van der Waals surface area (Å²) in [5.41, 5.74) is 4.88. The van der Waals surface area contributed by atoms with Gasteiger partial charge in [0, 0.05) is 27.2 Å². The van der Waals surface area contributed by atoms with E-state index in [2.05, 4.69) is 16.4 Å². The number of aromatic nitrogens is 2. The van der Waals surface area contributed by atoms with Gasteiger partial charge in [-0.1, -0.05) is 18.2 Å². The highest BCUT2D eigenvalue weighted by Gasteiger charge is 2.20. The number of amides is 1. The van der Waals surface area contributed by atoms with Crippen LogP contribution in [0.5, 0.6) is 0 Å². The van der Waals surface area contributed by atoms with E-state index in [1.54, 1.807) is 34.8 Å². The summed E-state index contributed by atoms with van der Waals surface area (Å²) >= 11 is 3.18. The van der Waals surface area contributed by atoms with Crippen molar-refractivity contribution in [3.05, 3.63) is 85.9 Å². The van der Waals surface area contributed by atoms with Crippen LogP contribution in [-0.4, -0.2) is 15.5 Å². The lowest BCUT2D eigenvalue weighted by Crippen LogP contribution is -2.32. The van der Waals surface area contributed by atoms with Gasteiger partial charge in [0.2, 0.25) is 5.91 Å². The van der Waals surface area contributed by atoms with E-state index in [0.29, 0.717) is 0 Å². The molecule has 0 spiro atoms. The molecule has 1 atom stereocenters.